The molecule has 3 heteroatoms. The SMILES string of the molecule is NC1c2ccccc2CCC1Cc1cccc(Cl)c1Cl. The average molecular weight is 306 g/mol. The Bertz CT molecular complexity index is 624. The summed E-state index contributed by atoms with van der Waals surface area (Å²) in [6.07, 6.45) is 3.07. The van der Waals surface area contributed by atoms with Gasteiger partial charge in [0, 0.05) is 6.04 Å². The summed E-state index contributed by atoms with van der Waals surface area (Å²) < 4.78 is 0. The molecule has 1 aliphatic rings. The zero-order chi connectivity index (χ0) is 14.1. The lowest BCUT2D eigenvalue weighted by Crippen LogP contribution is -2.28. The van der Waals surface area contributed by atoms with Crippen LogP contribution in [0.15, 0.2) is 42.5 Å². The number of fused-ring (bicyclic) bond motifs is 1. The van der Waals surface area contributed by atoms with Crippen molar-refractivity contribution in [1.82, 2.24) is 0 Å². The van der Waals surface area contributed by atoms with E-state index in [1.807, 2.05) is 18.2 Å². The molecule has 0 saturated carbocycles. The second kappa shape index (κ2) is 5.77. The van der Waals surface area contributed by atoms with Crippen molar-refractivity contribution < 1.29 is 0 Å². The van der Waals surface area contributed by atoms with Gasteiger partial charge >= 0.3 is 0 Å². The average Bonchev–Trinajstić information content (AvgIpc) is 2.47. The smallest absolute Gasteiger partial charge is 0.0624 e. The van der Waals surface area contributed by atoms with Crippen molar-refractivity contribution in [3.63, 3.8) is 0 Å². The normalized spacial score (nSPS) is 21.6. The molecule has 1 aliphatic carbocycles. The van der Waals surface area contributed by atoms with E-state index in [1.54, 1.807) is 0 Å². The topological polar surface area (TPSA) is 26.0 Å². The molecule has 2 N–H and O–H groups in total. The molecule has 0 aromatic heterocycles. The van der Waals surface area contributed by atoms with Gasteiger partial charge in [0.25, 0.3) is 0 Å². The van der Waals surface area contributed by atoms with Crippen molar-refractivity contribution in [3.05, 3.63) is 69.2 Å². The molecule has 0 spiro atoms. The number of benzene rings is 2. The number of rotatable bonds is 2. The largest absolute Gasteiger partial charge is 0.324 e. The third-order valence-electron chi connectivity index (χ3n) is 4.22. The summed E-state index contributed by atoms with van der Waals surface area (Å²) in [6.45, 7) is 0. The monoisotopic (exact) mass is 305 g/mol. The van der Waals surface area contributed by atoms with Crippen LogP contribution >= 0.6 is 23.2 Å². The Morgan fingerprint density at radius 2 is 1.85 bits per heavy atom. The Balaban J connectivity index is 1.85. The maximum Gasteiger partial charge on any atom is 0.0624 e. The predicted octanol–water partition coefficient (Wildman–Crippen LogP) is 4.80. The molecular formula is C17H17Cl2N. The van der Waals surface area contributed by atoms with Crippen LogP contribution in [0.25, 0.3) is 0 Å². The summed E-state index contributed by atoms with van der Waals surface area (Å²) in [5, 5.41) is 1.29. The highest BCUT2D eigenvalue weighted by Gasteiger charge is 2.27. The number of hydrogen-bond donors (Lipinski definition) is 1. The molecule has 0 bridgehead atoms. The van der Waals surface area contributed by atoms with E-state index in [0.29, 0.717) is 16.0 Å². The van der Waals surface area contributed by atoms with Gasteiger partial charge in [-0.05, 0) is 47.9 Å². The van der Waals surface area contributed by atoms with E-state index in [-0.39, 0.29) is 6.04 Å². The van der Waals surface area contributed by atoms with E-state index < -0.39 is 0 Å². The Kier molecular flexibility index (Phi) is 4.02. The molecule has 2 unspecified atom stereocenters. The lowest BCUT2D eigenvalue weighted by atomic mass is 9.77. The van der Waals surface area contributed by atoms with Gasteiger partial charge in [0.1, 0.15) is 0 Å². The second-order valence-corrected chi connectivity index (χ2v) is 6.23. The number of halogens is 2. The van der Waals surface area contributed by atoms with Crippen LogP contribution in [0.2, 0.25) is 10.0 Å². The van der Waals surface area contributed by atoms with Gasteiger partial charge in [0.2, 0.25) is 0 Å². The molecule has 3 rings (SSSR count). The standard InChI is InChI=1S/C17H17Cl2N/c18-15-7-3-5-12(16(15)19)10-13-9-8-11-4-1-2-6-14(11)17(13)20/h1-7,13,17H,8-10,20H2. The van der Waals surface area contributed by atoms with E-state index in [0.717, 1.165) is 24.8 Å². The first kappa shape index (κ1) is 13.9. The summed E-state index contributed by atoms with van der Waals surface area (Å²) >= 11 is 12.4. The fourth-order valence-corrected chi connectivity index (χ4v) is 3.48. The first-order valence-corrected chi connectivity index (χ1v) is 7.68. The molecule has 0 aliphatic heterocycles. The minimum Gasteiger partial charge on any atom is -0.324 e. The fraction of sp³-hybridized carbons (Fsp3) is 0.294. The van der Waals surface area contributed by atoms with Gasteiger partial charge in [-0.15, -0.1) is 0 Å². The quantitative estimate of drug-likeness (QED) is 0.847. The van der Waals surface area contributed by atoms with E-state index >= 15 is 0 Å². The van der Waals surface area contributed by atoms with Gasteiger partial charge in [0.15, 0.2) is 0 Å². The van der Waals surface area contributed by atoms with Crippen molar-refractivity contribution in [2.24, 2.45) is 11.7 Å². The molecule has 2 aromatic rings. The first-order valence-electron chi connectivity index (χ1n) is 6.93. The van der Waals surface area contributed by atoms with Crippen molar-refractivity contribution in [1.29, 1.82) is 0 Å². The molecule has 0 heterocycles. The van der Waals surface area contributed by atoms with Crippen LogP contribution in [0.4, 0.5) is 0 Å². The molecule has 2 aromatic carbocycles. The van der Waals surface area contributed by atoms with Crippen molar-refractivity contribution in [2.75, 3.05) is 0 Å². The second-order valence-electron chi connectivity index (χ2n) is 5.44. The van der Waals surface area contributed by atoms with Crippen LogP contribution in [-0.4, -0.2) is 0 Å². The van der Waals surface area contributed by atoms with Crippen LogP contribution in [-0.2, 0) is 12.8 Å². The zero-order valence-electron chi connectivity index (χ0n) is 11.2. The Hall–Kier alpha value is -1.02. The van der Waals surface area contributed by atoms with E-state index in [9.17, 15) is 0 Å². The summed E-state index contributed by atoms with van der Waals surface area (Å²) in [7, 11) is 0. The number of hydrogen-bond acceptors (Lipinski definition) is 1. The number of nitrogens with two attached hydrogens (primary N) is 1. The molecule has 0 fully saturated rings. The third-order valence-corrected chi connectivity index (χ3v) is 5.08. The van der Waals surface area contributed by atoms with Gasteiger partial charge in [-0.1, -0.05) is 59.6 Å². The molecule has 2 atom stereocenters. The summed E-state index contributed by atoms with van der Waals surface area (Å²) in [5.74, 6) is 0.417. The maximum absolute atomic E-state index is 6.45. The van der Waals surface area contributed by atoms with Gasteiger partial charge < -0.3 is 5.73 Å². The van der Waals surface area contributed by atoms with Crippen molar-refractivity contribution in [2.45, 2.75) is 25.3 Å². The van der Waals surface area contributed by atoms with Gasteiger partial charge in [0.05, 0.1) is 10.0 Å². The van der Waals surface area contributed by atoms with Crippen LogP contribution in [0.3, 0.4) is 0 Å². The Morgan fingerprint density at radius 3 is 2.70 bits per heavy atom. The van der Waals surface area contributed by atoms with Crippen LogP contribution < -0.4 is 5.73 Å². The van der Waals surface area contributed by atoms with Crippen LogP contribution in [0, 0.1) is 5.92 Å². The van der Waals surface area contributed by atoms with Crippen molar-refractivity contribution >= 4 is 23.2 Å². The summed E-state index contributed by atoms with van der Waals surface area (Å²) in [5.41, 5.74) is 10.2. The summed E-state index contributed by atoms with van der Waals surface area (Å²) in [6, 6.07) is 14.4. The molecule has 1 nitrogen and oxygen atoms in total. The van der Waals surface area contributed by atoms with Gasteiger partial charge in [-0.25, -0.2) is 0 Å². The Morgan fingerprint density at radius 1 is 1.05 bits per heavy atom. The fourth-order valence-electron chi connectivity index (χ4n) is 3.08. The van der Waals surface area contributed by atoms with E-state index in [1.165, 1.54) is 11.1 Å². The molecule has 104 valence electrons. The maximum atomic E-state index is 6.45. The summed E-state index contributed by atoms with van der Waals surface area (Å²) in [4.78, 5) is 0. The molecule has 20 heavy (non-hydrogen) atoms. The minimum absolute atomic E-state index is 0.0787. The van der Waals surface area contributed by atoms with Gasteiger partial charge in [-0.3, -0.25) is 0 Å². The zero-order valence-corrected chi connectivity index (χ0v) is 12.7. The lowest BCUT2D eigenvalue weighted by molar-refractivity contribution is 0.376. The minimum atomic E-state index is 0.0787. The van der Waals surface area contributed by atoms with Gasteiger partial charge in [-0.2, -0.15) is 0 Å². The lowest BCUT2D eigenvalue weighted by Gasteiger charge is -2.31. The Labute approximate surface area is 129 Å². The highest BCUT2D eigenvalue weighted by molar-refractivity contribution is 6.42. The predicted molar refractivity (Wildman–Crippen MR) is 85.3 cm³/mol. The molecule has 0 radical (unpaired) electrons. The molecular weight excluding hydrogens is 289 g/mol. The van der Waals surface area contributed by atoms with E-state index in [4.69, 9.17) is 28.9 Å². The molecule has 0 saturated heterocycles. The highest BCUT2D eigenvalue weighted by Crippen LogP contribution is 2.36. The highest BCUT2D eigenvalue weighted by atomic mass is 35.5. The number of aryl methyl sites for hydroxylation is 1. The van der Waals surface area contributed by atoms with Crippen LogP contribution in [0.1, 0.15) is 29.2 Å². The first-order chi connectivity index (χ1) is 9.66. The third kappa shape index (κ3) is 2.58. The van der Waals surface area contributed by atoms with Crippen molar-refractivity contribution in [3.8, 4) is 0 Å². The molecule has 0 amide bonds. The van der Waals surface area contributed by atoms with Crippen LogP contribution in [0.5, 0.6) is 0 Å². The van der Waals surface area contributed by atoms with E-state index in [2.05, 4.69) is 24.3 Å².